The van der Waals surface area contributed by atoms with E-state index in [9.17, 15) is 14.2 Å². The normalized spacial score (nSPS) is 13.4. The SMILES string of the molecule is CN(C)c1ccc(C(O)(P(=O)(O)O)P(=O)(O)O)cc1. The highest BCUT2D eigenvalue weighted by Crippen LogP contribution is 2.72. The lowest BCUT2D eigenvalue weighted by Gasteiger charge is -2.29. The van der Waals surface area contributed by atoms with Crippen LogP contribution in [0.4, 0.5) is 5.69 Å². The molecular weight excluding hydrogens is 296 g/mol. The molecule has 0 aliphatic carbocycles. The summed E-state index contributed by atoms with van der Waals surface area (Å²) in [5.74, 6) is 0. The lowest BCUT2D eigenvalue weighted by molar-refractivity contribution is 0.131. The van der Waals surface area contributed by atoms with Gasteiger partial charge in [-0.3, -0.25) is 9.13 Å². The van der Waals surface area contributed by atoms with Crippen molar-refractivity contribution in [2.45, 2.75) is 5.08 Å². The number of rotatable bonds is 4. The molecule has 1 aromatic carbocycles. The van der Waals surface area contributed by atoms with Crippen LogP contribution in [-0.4, -0.2) is 38.8 Å². The van der Waals surface area contributed by atoms with Crippen LogP contribution in [0, 0.1) is 0 Å². The van der Waals surface area contributed by atoms with Crippen molar-refractivity contribution < 1.29 is 33.8 Å². The Hall–Kier alpha value is -0.720. The van der Waals surface area contributed by atoms with E-state index in [4.69, 9.17) is 19.6 Å². The van der Waals surface area contributed by atoms with E-state index in [1.165, 1.54) is 12.1 Å². The molecule has 0 unspecified atom stereocenters. The van der Waals surface area contributed by atoms with Gasteiger partial charge in [-0.2, -0.15) is 0 Å². The van der Waals surface area contributed by atoms with Crippen LogP contribution in [0.25, 0.3) is 0 Å². The zero-order valence-electron chi connectivity index (χ0n) is 10.2. The summed E-state index contributed by atoms with van der Waals surface area (Å²) in [6.07, 6.45) is 0. The molecule has 5 N–H and O–H groups in total. The monoisotopic (exact) mass is 311 g/mol. The third-order valence-electron chi connectivity index (χ3n) is 2.58. The molecule has 19 heavy (non-hydrogen) atoms. The van der Waals surface area contributed by atoms with E-state index < -0.39 is 25.8 Å². The van der Waals surface area contributed by atoms with Crippen molar-refractivity contribution in [2.75, 3.05) is 19.0 Å². The number of hydrogen-bond donors (Lipinski definition) is 5. The summed E-state index contributed by atoms with van der Waals surface area (Å²) in [6.45, 7) is 0. The molecule has 0 saturated carbocycles. The van der Waals surface area contributed by atoms with Gasteiger partial charge in [0.15, 0.2) is 0 Å². The van der Waals surface area contributed by atoms with Crippen molar-refractivity contribution in [1.82, 2.24) is 0 Å². The van der Waals surface area contributed by atoms with Crippen molar-refractivity contribution in [1.29, 1.82) is 0 Å². The summed E-state index contributed by atoms with van der Waals surface area (Å²) in [6, 6.07) is 4.89. The van der Waals surface area contributed by atoms with Crippen LogP contribution in [0.15, 0.2) is 24.3 Å². The highest BCUT2D eigenvalue weighted by atomic mass is 31.2. The summed E-state index contributed by atoms with van der Waals surface area (Å²) in [7, 11) is -7.55. The van der Waals surface area contributed by atoms with E-state index in [-0.39, 0.29) is 0 Å². The van der Waals surface area contributed by atoms with Crippen molar-refractivity contribution in [2.24, 2.45) is 0 Å². The van der Waals surface area contributed by atoms with E-state index >= 15 is 0 Å². The first-order valence-electron chi connectivity index (χ1n) is 5.03. The molecule has 1 aromatic rings. The zero-order valence-corrected chi connectivity index (χ0v) is 12.0. The minimum atomic E-state index is -5.49. The molecule has 0 amide bonds. The highest BCUT2D eigenvalue weighted by Gasteiger charge is 2.60. The first-order chi connectivity index (χ1) is 8.41. The molecule has 0 saturated heterocycles. The highest BCUT2D eigenvalue weighted by molar-refractivity contribution is 7.71. The van der Waals surface area contributed by atoms with Crippen LogP contribution in [-0.2, 0) is 14.2 Å². The fraction of sp³-hybridized carbons (Fsp3) is 0.333. The van der Waals surface area contributed by atoms with Gasteiger partial charge in [-0.1, -0.05) is 12.1 Å². The average Bonchev–Trinajstić information content (AvgIpc) is 2.25. The first kappa shape index (κ1) is 16.3. The summed E-state index contributed by atoms with van der Waals surface area (Å²) >= 11 is 0. The van der Waals surface area contributed by atoms with Crippen LogP contribution in [0.2, 0.25) is 0 Å². The Morgan fingerprint density at radius 1 is 0.947 bits per heavy atom. The van der Waals surface area contributed by atoms with E-state index in [0.717, 1.165) is 12.1 Å². The number of hydrogen-bond acceptors (Lipinski definition) is 4. The molecule has 1 rings (SSSR count). The van der Waals surface area contributed by atoms with Crippen LogP contribution in [0.5, 0.6) is 0 Å². The predicted octanol–water partition coefficient (Wildman–Crippen LogP) is 0.211. The van der Waals surface area contributed by atoms with Gasteiger partial charge in [-0.05, 0) is 12.1 Å². The molecule has 0 aromatic heterocycles. The Kier molecular flexibility index (Phi) is 4.29. The molecule has 8 nitrogen and oxygen atoms in total. The Morgan fingerprint density at radius 2 is 1.32 bits per heavy atom. The van der Waals surface area contributed by atoms with Crippen molar-refractivity contribution in [3.05, 3.63) is 29.8 Å². The maximum atomic E-state index is 11.3. The summed E-state index contributed by atoms with van der Waals surface area (Å²) in [5, 5.41) is 6.31. The van der Waals surface area contributed by atoms with Crippen molar-refractivity contribution in [3.8, 4) is 0 Å². The van der Waals surface area contributed by atoms with Crippen LogP contribution in [0.3, 0.4) is 0 Å². The maximum absolute atomic E-state index is 11.3. The topological polar surface area (TPSA) is 139 Å². The van der Waals surface area contributed by atoms with Gasteiger partial charge in [0.25, 0.3) is 5.08 Å². The van der Waals surface area contributed by atoms with Gasteiger partial charge in [0.2, 0.25) is 0 Å². The third-order valence-corrected chi connectivity index (χ3v) is 6.29. The predicted molar refractivity (Wildman–Crippen MR) is 68.8 cm³/mol. The number of aliphatic hydroxyl groups is 1. The molecule has 0 bridgehead atoms. The number of nitrogens with zero attached hydrogens (tertiary/aromatic N) is 1. The quantitative estimate of drug-likeness (QED) is 0.497. The Morgan fingerprint density at radius 3 is 1.58 bits per heavy atom. The van der Waals surface area contributed by atoms with Gasteiger partial charge in [-0.15, -0.1) is 0 Å². The second-order valence-corrected chi connectivity index (χ2v) is 7.99. The van der Waals surface area contributed by atoms with E-state index in [1.54, 1.807) is 19.0 Å². The molecule has 0 spiro atoms. The van der Waals surface area contributed by atoms with Crippen LogP contribution in [0.1, 0.15) is 5.56 Å². The molecular formula is C9H15NO7P2. The van der Waals surface area contributed by atoms with Crippen LogP contribution < -0.4 is 4.90 Å². The summed E-state index contributed by atoms with van der Waals surface area (Å²) in [5.41, 5.74) is 0.0993. The molecule has 0 atom stereocenters. The van der Waals surface area contributed by atoms with Crippen molar-refractivity contribution >= 4 is 20.9 Å². The molecule has 0 radical (unpaired) electrons. The fourth-order valence-corrected chi connectivity index (χ4v) is 3.82. The molecule has 108 valence electrons. The van der Waals surface area contributed by atoms with Gasteiger partial charge >= 0.3 is 15.2 Å². The number of anilines is 1. The largest absolute Gasteiger partial charge is 0.378 e. The first-order valence-corrected chi connectivity index (χ1v) is 8.25. The fourth-order valence-electron chi connectivity index (χ4n) is 1.49. The Labute approximate surface area is 109 Å². The minimum Gasteiger partial charge on any atom is -0.378 e. The summed E-state index contributed by atoms with van der Waals surface area (Å²) < 4.78 is 22.5. The lowest BCUT2D eigenvalue weighted by Crippen LogP contribution is -2.26. The standard InChI is InChI=1S/C9H15NO7P2/c1-10(2)8-5-3-7(4-6-8)9(11,18(12,13)14)19(15,16)17/h3-6,11H,1-2H3,(H2,12,13,14)(H2,15,16,17). The Bertz CT molecular complexity index is 522. The lowest BCUT2D eigenvalue weighted by atomic mass is 10.2. The van der Waals surface area contributed by atoms with E-state index in [0.29, 0.717) is 5.69 Å². The molecule has 0 heterocycles. The van der Waals surface area contributed by atoms with Gasteiger partial charge < -0.3 is 29.6 Å². The van der Waals surface area contributed by atoms with Gasteiger partial charge in [0.05, 0.1) is 0 Å². The number of benzene rings is 1. The van der Waals surface area contributed by atoms with E-state index in [1.807, 2.05) is 0 Å². The second kappa shape index (κ2) is 5.00. The van der Waals surface area contributed by atoms with Crippen molar-refractivity contribution in [3.63, 3.8) is 0 Å². The minimum absolute atomic E-state index is 0.542. The van der Waals surface area contributed by atoms with Crippen LogP contribution >= 0.6 is 15.2 Å². The van der Waals surface area contributed by atoms with Gasteiger partial charge in [0.1, 0.15) is 0 Å². The van der Waals surface area contributed by atoms with Gasteiger partial charge in [0, 0.05) is 25.3 Å². The third kappa shape index (κ3) is 2.90. The Balaban J connectivity index is 3.45. The van der Waals surface area contributed by atoms with E-state index in [2.05, 4.69) is 0 Å². The summed E-state index contributed by atoms with van der Waals surface area (Å²) in [4.78, 5) is 37.9. The van der Waals surface area contributed by atoms with Gasteiger partial charge in [-0.25, -0.2) is 0 Å². The zero-order chi connectivity index (χ0) is 15.1. The maximum Gasteiger partial charge on any atom is 0.374 e. The average molecular weight is 311 g/mol. The molecule has 10 heteroatoms. The second-order valence-electron chi connectivity index (χ2n) is 4.16. The molecule has 0 aliphatic rings. The molecule has 0 aliphatic heterocycles. The smallest absolute Gasteiger partial charge is 0.374 e. The molecule has 0 fully saturated rings.